The standard InChI is InChI=1S/C15H20ClN5/c1-15(9-17)6-3-7-21(10-15)14-18-13(19-20-14)11-4-2-5-12(16)8-11/h2,4-5,8H,3,6-7,9-10,17H2,1H3,(H,18,19,20). The number of aromatic nitrogens is 3. The van der Waals surface area contributed by atoms with Crippen LogP contribution in [0.2, 0.25) is 5.02 Å². The van der Waals surface area contributed by atoms with Crippen LogP contribution in [0.4, 0.5) is 5.95 Å². The van der Waals surface area contributed by atoms with Crippen LogP contribution in [0.15, 0.2) is 24.3 Å². The van der Waals surface area contributed by atoms with Crippen LogP contribution in [0, 0.1) is 5.41 Å². The van der Waals surface area contributed by atoms with Crippen LogP contribution in [0.1, 0.15) is 19.8 Å². The van der Waals surface area contributed by atoms with Crippen molar-refractivity contribution in [1.82, 2.24) is 15.2 Å². The summed E-state index contributed by atoms with van der Waals surface area (Å²) in [6.07, 6.45) is 2.28. The van der Waals surface area contributed by atoms with E-state index in [9.17, 15) is 0 Å². The Balaban J connectivity index is 1.82. The number of anilines is 1. The Morgan fingerprint density at radius 1 is 1.48 bits per heavy atom. The third kappa shape index (κ3) is 3.04. The molecule has 1 aromatic heterocycles. The molecule has 3 rings (SSSR count). The lowest BCUT2D eigenvalue weighted by atomic mass is 9.82. The first-order valence-corrected chi connectivity index (χ1v) is 7.61. The average Bonchev–Trinajstić information content (AvgIpc) is 2.97. The highest BCUT2D eigenvalue weighted by atomic mass is 35.5. The first kappa shape index (κ1) is 14.4. The normalized spacial score (nSPS) is 22.5. The van der Waals surface area contributed by atoms with Crippen molar-refractivity contribution < 1.29 is 0 Å². The summed E-state index contributed by atoms with van der Waals surface area (Å²) in [5.41, 5.74) is 6.99. The zero-order valence-corrected chi connectivity index (χ0v) is 12.9. The summed E-state index contributed by atoms with van der Waals surface area (Å²) in [5, 5.41) is 8.04. The molecular weight excluding hydrogens is 286 g/mol. The van der Waals surface area contributed by atoms with Gasteiger partial charge in [-0.1, -0.05) is 30.7 Å². The highest BCUT2D eigenvalue weighted by Gasteiger charge is 2.31. The SMILES string of the molecule is CC1(CN)CCCN(c2n[nH]c(-c3cccc(Cl)c3)n2)C1. The molecule has 3 N–H and O–H groups in total. The maximum absolute atomic E-state index is 6.02. The zero-order chi connectivity index (χ0) is 14.9. The van der Waals surface area contributed by atoms with E-state index < -0.39 is 0 Å². The lowest BCUT2D eigenvalue weighted by molar-refractivity contribution is 0.270. The van der Waals surface area contributed by atoms with Crippen LogP contribution >= 0.6 is 11.6 Å². The first-order chi connectivity index (χ1) is 10.1. The molecule has 0 spiro atoms. The summed E-state index contributed by atoms with van der Waals surface area (Å²) in [4.78, 5) is 6.81. The largest absolute Gasteiger partial charge is 0.339 e. The maximum atomic E-state index is 6.02. The smallest absolute Gasteiger partial charge is 0.245 e. The van der Waals surface area contributed by atoms with Gasteiger partial charge in [-0.2, -0.15) is 4.98 Å². The van der Waals surface area contributed by atoms with E-state index in [1.165, 1.54) is 0 Å². The van der Waals surface area contributed by atoms with E-state index in [2.05, 4.69) is 27.0 Å². The van der Waals surface area contributed by atoms with Crippen molar-refractivity contribution in [2.75, 3.05) is 24.5 Å². The summed E-state index contributed by atoms with van der Waals surface area (Å²) < 4.78 is 0. The van der Waals surface area contributed by atoms with Crippen molar-refractivity contribution in [3.8, 4) is 11.4 Å². The molecule has 0 saturated carbocycles. The van der Waals surface area contributed by atoms with Gasteiger partial charge >= 0.3 is 0 Å². The van der Waals surface area contributed by atoms with E-state index in [4.69, 9.17) is 17.3 Å². The molecule has 1 aliphatic heterocycles. The molecule has 2 aromatic rings. The number of rotatable bonds is 3. The molecule has 1 atom stereocenters. The Kier molecular flexibility index (Phi) is 3.87. The van der Waals surface area contributed by atoms with E-state index in [0.717, 1.165) is 43.3 Å². The molecule has 6 heteroatoms. The van der Waals surface area contributed by atoms with E-state index >= 15 is 0 Å². The monoisotopic (exact) mass is 305 g/mol. The molecule has 0 aliphatic carbocycles. The lowest BCUT2D eigenvalue weighted by Crippen LogP contribution is -2.46. The van der Waals surface area contributed by atoms with Gasteiger partial charge in [0, 0.05) is 23.7 Å². The van der Waals surface area contributed by atoms with E-state index in [1.807, 2.05) is 24.3 Å². The fourth-order valence-corrected chi connectivity index (χ4v) is 3.00. The molecule has 1 unspecified atom stereocenters. The van der Waals surface area contributed by atoms with Gasteiger partial charge in [0.25, 0.3) is 0 Å². The second kappa shape index (κ2) is 5.66. The van der Waals surface area contributed by atoms with Crippen LogP contribution in [0.5, 0.6) is 0 Å². The fourth-order valence-electron chi connectivity index (χ4n) is 2.81. The average molecular weight is 306 g/mol. The minimum Gasteiger partial charge on any atom is -0.339 e. The van der Waals surface area contributed by atoms with E-state index in [0.29, 0.717) is 11.6 Å². The minimum absolute atomic E-state index is 0.148. The van der Waals surface area contributed by atoms with Crippen molar-refractivity contribution in [2.24, 2.45) is 11.1 Å². The van der Waals surface area contributed by atoms with Gasteiger partial charge in [0.1, 0.15) is 0 Å². The van der Waals surface area contributed by atoms with Crippen molar-refractivity contribution in [2.45, 2.75) is 19.8 Å². The molecular formula is C15H20ClN5. The second-order valence-electron chi connectivity index (χ2n) is 6.03. The zero-order valence-electron chi connectivity index (χ0n) is 12.1. The Morgan fingerprint density at radius 2 is 2.33 bits per heavy atom. The number of aromatic amines is 1. The molecule has 112 valence electrons. The van der Waals surface area contributed by atoms with Crippen LogP contribution in [-0.2, 0) is 0 Å². The summed E-state index contributed by atoms with van der Waals surface area (Å²) >= 11 is 6.02. The van der Waals surface area contributed by atoms with Gasteiger partial charge in [-0.3, -0.25) is 5.10 Å². The number of benzene rings is 1. The van der Waals surface area contributed by atoms with Crippen LogP contribution in [0.3, 0.4) is 0 Å². The highest BCUT2D eigenvalue weighted by molar-refractivity contribution is 6.30. The summed E-state index contributed by atoms with van der Waals surface area (Å²) in [5.74, 6) is 1.48. The molecule has 1 saturated heterocycles. The van der Waals surface area contributed by atoms with Crippen molar-refractivity contribution in [3.63, 3.8) is 0 Å². The molecule has 1 aliphatic rings. The number of H-pyrrole nitrogens is 1. The number of hydrogen-bond donors (Lipinski definition) is 2. The number of nitrogens with zero attached hydrogens (tertiary/aromatic N) is 3. The third-order valence-corrected chi connectivity index (χ3v) is 4.36. The van der Waals surface area contributed by atoms with Gasteiger partial charge in [0.2, 0.25) is 5.95 Å². The Labute approximate surface area is 129 Å². The predicted octanol–water partition coefficient (Wildman–Crippen LogP) is 2.69. The van der Waals surface area contributed by atoms with Gasteiger partial charge in [-0.05, 0) is 36.9 Å². The van der Waals surface area contributed by atoms with E-state index in [-0.39, 0.29) is 5.41 Å². The first-order valence-electron chi connectivity index (χ1n) is 7.23. The molecule has 0 radical (unpaired) electrons. The number of piperidine rings is 1. The number of nitrogens with one attached hydrogen (secondary N) is 1. The number of halogens is 1. The van der Waals surface area contributed by atoms with Gasteiger partial charge < -0.3 is 10.6 Å². The Morgan fingerprint density at radius 3 is 3.10 bits per heavy atom. The van der Waals surface area contributed by atoms with E-state index in [1.54, 1.807) is 0 Å². The molecule has 1 fully saturated rings. The molecule has 5 nitrogen and oxygen atoms in total. The summed E-state index contributed by atoms with van der Waals surface area (Å²) in [6.45, 7) is 4.79. The number of nitrogens with two attached hydrogens (primary N) is 1. The fraction of sp³-hybridized carbons (Fsp3) is 0.467. The minimum atomic E-state index is 0.148. The Bertz CT molecular complexity index is 626. The summed E-state index contributed by atoms with van der Waals surface area (Å²) in [6, 6.07) is 7.61. The predicted molar refractivity (Wildman–Crippen MR) is 85.4 cm³/mol. The van der Waals surface area contributed by atoms with Crippen molar-refractivity contribution in [3.05, 3.63) is 29.3 Å². The summed E-state index contributed by atoms with van der Waals surface area (Å²) in [7, 11) is 0. The highest BCUT2D eigenvalue weighted by Crippen LogP contribution is 2.30. The second-order valence-corrected chi connectivity index (χ2v) is 6.47. The maximum Gasteiger partial charge on any atom is 0.245 e. The molecule has 21 heavy (non-hydrogen) atoms. The quantitative estimate of drug-likeness (QED) is 0.914. The topological polar surface area (TPSA) is 70.8 Å². The number of hydrogen-bond acceptors (Lipinski definition) is 4. The lowest BCUT2D eigenvalue weighted by Gasteiger charge is -2.39. The third-order valence-electron chi connectivity index (χ3n) is 4.13. The molecule has 0 bridgehead atoms. The van der Waals surface area contributed by atoms with Gasteiger partial charge in [0.15, 0.2) is 5.82 Å². The Hall–Kier alpha value is -1.59. The van der Waals surface area contributed by atoms with Crippen molar-refractivity contribution in [1.29, 1.82) is 0 Å². The van der Waals surface area contributed by atoms with Crippen LogP contribution in [-0.4, -0.2) is 34.8 Å². The van der Waals surface area contributed by atoms with Crippen molar-refractivity contribution >= 4 is 17.5 Å². The van der Waals surface area contributed by atoms with Gasteiger partial charge in [-0.15, -0.1) is 5.10 Å². The van der Waals surface area contributed by atoms with Crippen LogP contribution < -0.4 is 10.6 Å². The van der Waals surface area contributed by atoms with Crippen LogP contribution in [0.25, 0.3) is 11.4 Å². The molecule has 2 heterocycles. The van der Waals surface area contributed by atoms with Gasteiger partial charge in [0.05, 0.1) is 0 Å². The van der Waals surface area contributed by atoms with Gasteiger partial charge in [-0.25, -0.2) is 0 Å². The molecule has 0 amide bonds. The molecule has 1 aromatic carbocycles.